The second-order valence-corrected chi connectivity index (χ2v) is 34.9. The average Bonchev–Trinajstić information content (AvgIpc) is 0.903. The van der Waals surface area contributed by atoms with E-state index in [2.05, 4.69) is 48.5 Å². The summed E-state index contributed by atoms with van der Waals surface area (Å²) < 4.78 is 68.9. The molecule has 0 saturated carbocycles. The van der Waals surface area contributed by atoms with E-state index in [0.717, 1.165) is 108 Å². The lowest BCUT2D eigenvalue weighted by molar-refractivity contribution is -0.161. The van der Waals surface area contributed by atoms with Crippen molar-refractivity contribution in [1.82, 2.24) is 0 Å². The number of aliphatic hydroxyl groups is 1. The molecule has 0 amide bonds. The molecule has 0 heterocycles. The Bertz CT molecular complexity index is 2050. The van der Waals surface area contributed by atoms with Crippen LogP contribution < -0.4 is 0 Å². The highest BCUT2D eigenvalue weighted by atomic mass is 31.2. The normalized spacial score (nSPS) is 14.6. The van der Waals surface area contributed by atoms with Gasteiger partial charge in [0.05, 0.1) is 26.4 Å². The summed E-state index contributed by atoms with van der Waals surface area (Å²) in [6.45, 7) is 12.0. The molecule has 0 aliphatic heterocycles. The van der Waals surface area contributed by atoms with Crippen LogP contribution in [0.5, 0.6) is 0 Å². The highest BCUT2D eigenvalue weighted by Crippen LogP contribution is 2.45. The van der Waals surface area contributed by atoms with Crippen molar-refractivity contribution in [3.63, 3.8) is 0 Å². The Morgan fingerprint density at radius 1 is 0.264 bits per heavy atom. The van der Waals surface area contributed by atoms with Gasteiger partial charge < -0.3 is 33.8 Å². The summed E-state index contributed by atoms with van der Waals surface area (Å²) in [6, 6.07) is 0. The van der Waals surface area contributed by atoms with Gasteiger partial charge in [-0.1, -0.05) is 408 Å². The topological polar surface area (TPSA) is 237 Å². The number of ether oxygens (including phenoxy) is 4. The first-order valence-corrected chi connectivity index (χ1v) is 48.0. The van der Waals surface area contributed by atoms with Gasteiger partial charge in [0.15, 0.2) is 12.2 Å². The summed E-state index contributed by atoms with van der Waals surface area (Å²) in [5, 5.41) is 10.7. The van der Waals surface area contributed by atoms with E-state index in [1.807, 2.05) is 0 Å². The van der Waals surface area contributed by atoms with Crippen molar-refractivity contribution in [1.29, 1.82) is 0 Å². The molecule has 0 aromatic carbocycles. The molecule has 0 bridgehead atoms. The predicted octanol–water partition coefficient (Wildman–Crippen LogP) is 26.5. The number of rotatable bonds is 85. The van der Waals surface area contributed by atoms with Gasteiger partial charge in [0.25, 0.3) is 0 Å². The number of hydrogen-bond acceptors (Lipinski definition) is 15. The standard InChI is InChI=1S/C87H170O17P2/c1-8-12-13-14-15-16-17-18-19-20-21-22-26-29-32-35-38-47-54-61-68-84(89)97-74-82(103-86(91)70-63-56-49-39-36-33-30-27-24-23-25-28-31-34-37-44-51-58-65-78(5)9-2)76-101-105(93,94)99-72-81(88)73-100-106(95,96)102-77-83(104-87(92)71-64-57-50-43-41-46-53-60-67-80(7)11-4)75-98-85(90)69-62-55-48-42-40-45-52-59-66-79(6)10-3/h78-83,88H,8-77H2,1-7H3,(H,93,94)(H,95,96)/t78?,79?,80?,81-,82-,83-/m1/s1. The molecule has 0 fully saturated rings. The van der Waals surface area contributed by atoms with Gasteiger partial charge in [-0.2, -0.15) is 0 Å². The molecule has 106 heavy (non-hydrogen) atoms. The summed E-state index contributed by atoms with van der Waals surface area (Å²) in [7, 11) is -9.93. The fraction of sp³-hybridized carbons (Fsp3) is 0.954. The zero-order valence-electron chi connectivity index (χ0n) is 69.9. The fourth-order valence-corrected chi connectivity index (χ4v) is 15.0. The molecule has 3 N–H and O–H groups in total. The van der Waals surface area contributed by atoms with Crippen LogP contribution in [-0.2, 0) is 65.4 Å². The molecule has 19 heteroatoms. The van der Waals surface area contributed by atoms with Crippen LogP contribution in [0.3, 0.4) is 0 Å². The number of phosphoric acid groups is 2. The first kappa shape index (κ1) is 104. The van der Waals surface area contributed by atoms with Crippen molar-refractivity contribution < 1.29 is 80.2 Å². The maximum absolute atomic E-state index is 13.2. The highest BCUT2D eigenvalue weighted by molar-refractivity contribution is 7.47. The Morgan fingerprint density at radius 3 is 0.670 bits per heavy atom. The molecule has 0 spiro atoms. The van der Waals surface area contributed by atoms with Crippen LogP contribution >= 0.6 is 15.6 Å². The Kier molecular flexibility index (Phi) is 75.6. The molecule has 0 aromatic rings. The molecule has 0 rings (SSSR count). The van der Waals surface area contributed by atoms with Gasteiger partial charge in [-0.3, -0.25) is 37.3 Å². The number of carbonyl (C=O) groups is 4. The van der Waals surface area contributed by atoms with Gasteiger partial charge in [0, 0.05) is 25.7 Å². The van der Waals surface area contributed by atoms with E-state index in [-0.39, 0.29) is 25.7 Å². The number of esters is 4. The van der Waals surface area contributed by atoms with Crippen molar-refractivity contribution >= 4 is 39.5 Å². The quantitative estimate of drug-likeness (QED) is 0.0222. The molecular formula is C87H170O17P2. The number of hydrogen-bond donors (Lipinski definition) is 3. The van der Waals surface area contributed by atoms with Crippen molar-refractivity contribution in [2.24, 2.45) is 17.8 Å². The molecule has 5 unspecified atom stereocenters. The minimum atomic E-state index is -4.97. The van der Waals surface area contributed by atoms with Gasteiger partial charge >= 0.3 is 39.5 Å². The smallest absolute Gasteiger partial charge is 0.462 e. The van der Waals surface area contributed by atoms with Crippen LogP contribution in [-0.4, -0.2) is 96.7 Å². The fourth-order valence-electron chi connectivity index (χ4n) is 13.4. The van der Waals surface area contributed by atoms with Crippen molar-refractivity contribution in [2.45, 2.75) is 478 Å². The number of carbonyl (C=O) groups excluding carboxylic acids is 4. The average molecular weight is 1550 g/mol. The summed E-state index contributed by atoms with van der Waals surface area (Å²) in [5.41, 5.74) is 0. The maximum atomic E-state index is 13.2. The molecule has 0 saturated heterocycles. The van der Waals surface area contributed by atoms with Gasteiger partial charge in [-0.05, 0) is 43.4 Å². The minimum absolute atomic E-state index is 0.105. The van der Waals surface area contributed by atoms with Crippen molar-refractivity contribution in [2.75, 3.05) is 39.6 Å². The lowest BCUT2D eigenvalue weighted by atomic mass is 9.99. The predicted molar refractivity (Wildman–Crippen MR) is 437 cm³/mol. The van der Waals surface area contributed by atoms with E-state index >= 15 is 0 Å². The SMILES string of the molecule is CCCCCCCCCCCCCCCCCCCCCCC(=O)OC[C@H](COP(=O)(O)OC[C@@H](O)COP(=O)(O)OC[C@@H](COC(=O)CCCCCCCCCCC(C)CC)OC(=O)CCCCCCCCCCC(C)CC)OC(=O)CCCCCCCCCCCCCCCCCCCCC(C)CC. The molecule has 0 radical (unpaired) electrons. The summed E-state index contributed by atoms with van der Waals surface area (Å²) >= 11 is 0. The largest absolute Gasteiger partial charge is 0.472 e. The Balaban J connectivity index is 5.23. The lowest BCUT2D eigenvalue weighted by Gasteiger charge is -2.21. The van der Waals surface area contributed by atoms with E-state index in [1.165, 1.54) is 270 Å². The number of phosphoric ester groups is 2. The number of unbranched alkanes of at least 4 members (excludes halogenated alkanes) is 50. The molecule has 8 atom stereocenters. The molecule has 0 aliphatic carbocycles. The van der Waals surface area contributed by atoms with Gasteiger partial charge in [-0.15, -0.1) is 0 Å². The third kappa shape index (κ3) is 76.1. The van der Waals surface area contributed by atoms with Crippen LogP contribution in [0.15, 0.2) is 0 Å². The van der Waals surface area contributed by atoms with E-state index in [1.54, 1.807) is 0 Å². The van der Waals surface area contributed by atoms with Crippen LogP contribution in [0.4, 0.5) is 0 Å². The summed E-state index contributed by atoms with van der Waals surface area (Å²) in [5.74, 6) is 0.311. The van der Waals surface area contributed by atoms with E-state index in [4.69, 9.17) is 37.0 Å². The lowest BCUT2D eigenvalue weighted by Crippen LogP contribution is -2.30. The summed E-state index contributed by atoms with van der Waals surface area (Å²) in [6.07, 6.45) is 68.0. The van der Waals surface area contributed by atoms with Crippen LogP contribution in [0.25, 0.3) is 0 Å². The van der Waals surface area contributed by atoms with Crippen molar-refractivity contribution in [3.8, 4) is 0 Å². The third-order valence-electron chi connectivity index (χ3n) is 21.5. The van der Waals surface area contributed by atoms with Gasteiger partial charge in [0.1, 0.15) is 19.3 Å². The molecular weight excluding hydrogens is 1380 g/mol. The van der Waals surface area contributed by atoms with Gasteiger partial charge in [-0.25, -0.2) is 9.13 Å². The zero-order chi connectivity index (χ0) is 77.9. The Morgan fingerprint density at radius 2 is 0.453 bits per heavy atom. The molecule has 17 nitrogen and oxygen atoms in total. The Hall–Kier alpha value is -1.94. The maximum Gasteiger partial charge on any atom is 0.472 e. The molecule has 0 aromatic heterocycles. The van der Waals surface area contributed by atoms with Crippen molar-refractivity contribution in [3.05, 3.63) is 0 Å². The van der Waals surface area contributed by atoms with Crippen LogP contribution in [0.1, 0.15) is 459 Å². The second-order valence-electron chi connectivity index (χ2n) is 32.0. The molecule has 0 aliphatic rings. The zero-order valence-corrected chi connectivity index (χ0v) is 71.7. The van der Waals surface area contributed by atoms with Gasteiger partial charge in [0.2, 0.25) is 0 Å². The summed E-state index contributed by atoms with van der Waals surface area (Å²) in [4.78, 5) is 73.2. The first-order chi connectivity index (χ1) is 51.3. The van der Waals surface area contributed by atoms with E-state index in [0.29, 0.717) is 25.7 Å². The second kappa shape index (κ2) is 77.0. The van der Waals surface area contributed by atoms with Crippen LogP contribution in [0, 0.1) is 17.8 Å². The Labute approximate surface area is 651 Å². The monoisotopic (exact) mass is 1550 g/mol. The van der Waals surface area contributed by atoms with E-state index < -0.39 is 97.5 Å². The highest BCUT2D eigenvalue weighted by Gasteiger charge is 2.31. The third-order valence-corrected chi connectivity index (χ3v) is 23.4. The van der Waals surface area contributed by atoms with Crippen LogP contribution in [0.2, 0.25) is 0 Å². The van der Waals surface area contributed by atoms with E-state index in [9.17, 15) is 43.2 Å². The molecule has 630 valence electrons. The number of aliphatic hydroxyl groups excluding tert-OH is 1. The minimum Gasteiger partial charge on any atom is -0.462 e. The first-order valence-electron chi connectivity index (χ1n) is 45.0.